The number of likely N-dealkylation sites (N-methyl/N-ethyl adjacent to an activating group) is 1. The van der Waals surface area contributed by atoms with Crippen molar-refractivity contribution in [3.63, 3.8) is 0 Å². The van der Waals surface area contributed by atoms with Crippen molar-refractivity contribution in [1.29, 1.82) is 0 Å². The molecule has 3 unspecified atom stereocenters. The van der Waals surface area contributed by atoms with Crippen molar-refractivity contribution in [3.8, 4) is 0 Å². The van der Waals surface area contributed by atoms with E-state index in [4.69, 9.17) is 9.47 Å². The van der Waals surface area contributed by atoms with Crippen molar-refractivity contribution in [2.75, 3.05) is 39.3 Å². The molecule has 1 aromatic rings. The molecule has 174 valence electrons. The molecule has 0 aromatic heterocycles. The molecule has 1 aromatic carbocycles. The SMILES string of the molecule is C=CCNC(=O)N1C2=NC(C(=O)OC)=C(C(=O)OC)C3N(C)c4ccccc4C23CC1CO. The number of para-hydroxylation sites is 1. The van der Waals surface area contributed by atoms with Gasteiger partial charge in [0.25, 0.3) is 0 Å². The number of benzene rings is 1. The monoisotopic (exact) mass is 454 g/mol. The number of nitrogens with zero attached hydrogens (tertiary/aromatic N) is 3. The van der Waals surface area contributed by atoms with Crippen LogP contribution in [0.25, 0.3) is 0 Å². The first kappa shape index (κ1) is 22.5. The quantitative estimate of drug-likeness (QED) is 0.497. The Hall–Kier alpha value is -3.66. The first-order chi connectivity index (χ1) is 15.9. The maximum Gasteiger partial charge on any atom is 0.357 e. The second-order valence-corrected chi connectivity index (χ2v) is 8.07. The van der Waals surface area contributed by atoms with Crippen LogP contribution in [0.3, 0.4) is 0 Å². The molecule has 2 N–H and O–H groups in total. The Kier molecular flexibility index (Phi) is 5.71. The number of carbonyl (C=O) groups excluding carboxylic acids is 3. The molecule has 3 atom stereocenters. The second kappa shape index (κ2) is 8.36. The number of likely N-dealkylation sites (tertiary alicyclic amines) is 1. The summed E-state index contributed by atoms with van der Waals surface area (Å²) in [5.74, 6) is -1.25. The summed E-state index contributed by atoms with van der Waals surface area (Å²) in [4.78, 5) is 46.7. The Morgan fingerprint density at radius 1 is 1.27 bits per heavy atom. The van der Waals surface area contributed by atoms with E-state index >= 15 is 0 Å². The fourth-order valence-electron chi connectivity index (χ4n) is 5.29. The molecule has 10 nitrogen and oxygen atoms in total. The summed E-state index contributed by atoms with van der Waals surface area (Å²) in [6.45, 7) is 3.49. The average Bonchev–Trinajstić information content (AvgIpc) is 3.31. The molecule has 1 saturated heterocycles. The fourth-order valence-corrected chi connectivity index (χ4v) is 5.29. The third-order valence-electron chi connectivity index (χ3n) is 6.53. The van der Waals surface area contributed by atoms with Crippen molar-refractivity contribution in [1.82, 2.24) is 10.2 Å². The first-order valence-electron chi connectivity index (χ1n) is 10.5. The van der Waals surface area contributed by atoms with E-state index in [0.29, 0.717) is 6.42 Å². The van der Waals surface area contributed by atoms with E-state index in [1.807, 2.05) is 36.2 Å². The molecule has 3 heterocycles. The van der Waals surface area contributed by atoms with Gasteiger partial charge in [-0.05, 0) is 18.1 Å². The van der Waals surface area contributed by atoms with Gasteiger partial charge in [-0.1, -0.05) is 24.3 Å². The van der Waals surface area contributed by atoms with E-state index in [1.165, 1.54) is 25.2 Å². The maximum atomic E-state index is 13.2. The van der Waals surface area contributed by atoms with Crippen molar-refractivity contribution in [2.24, 2.45) is 4.99 Å². The molecule has 3 aliphatic rings. The minimum atomic E-state index is -0.967. The van der Waals surface area contributed by atoms with E-state index in [9.17, 15) is 19.5 Å². The number of amidine groups is 1. The van der Waals surface area contributed by atoms with Crippen molar-refractivity contribution < 1.29 is 29.0 Å². The highest BCUT2D eigenvalue weighted by molar-refractivity contribution is 6.15. The summed E-state index contributed by atoms with van der Waals surface area (Å²) >= 11 is 0. The molecule has 2 amide bonds. The number of aliphatic hydroxyl groups excluding tert-OH is 1. The van der Waals surface area contributed by atoms with Crippen LogP contribution in [0.15, 0.2) is 53.2 Å². The van der Waals surface area contributed by atoms with Gasteiger partial charge in [-0.25, -0.2) is 19.4 Å². The van der Waals surface area contributed by atoms with Crippen LogP contribution in [0.5, 0.6) is 0 Å². The Balaban J connectivity index is 2.03. The van der Waals surface area contributed by atoms with Crippen LogP contribution in [0.4, 0.5) is 10.5 Å². The van der Waals surface area contributed by atoms with Gasteiger partial charge < -0.3 is 24.8 Å². The zero-order valence-corrected chi connectivity index (χ0v) is 18.7. The highest BCUT2D eigenvalue weighted by Crippen LogP contribution is 2.57. The lowest BCUT2D eigenvalue weighted by molar-refractivity contribution is -0.139. The van der Waals surface area contributed by atoms with Crippen LogP contribution in [0.2, 0.25) is 0 Å². The van der Waals surface area contributed by atoms with Crippen LogP contribution in [0, 0.1) is 0 Å². The van der Waals surface area contributed by atoms with Crippen LogP contribution in [-0.4, -0.2) is 80.3 Å². The topological polar surface area (TPSA) is 121 Å². The predicted molar refractivity (Wildman–Crippen MR) is 120 cm³/mol. The van der Waals surface area contributed by atoms with Gasteiger partial charge in [0.05, 0.1) is 43.9 Å². The molecule has 3 aliphatic heterocycles. The van der Waals surface area contributed by atoms with E-state index < -0.39 is 35.5 Å². The lowest BCUT2D eigenvalue weighted by Gasteiger charge is -2.39. The van der Waals surface area contributed by atoms with Crippen LogP contribution in [0.1, 0.15) is 12.0 Å². The Labute approximate surface area is 191 Å². The number of methoxy groups -OCH3 is 2. The van der Waals surface area contributed by atoms with Crippen molar-refractivity contribution in [2.45, 2.75) is 23.9 Å². The average molecular weight is 454 g/mol. The summed E-state index contributed by atoms with van der Waals surface area (Å²) in [7, 11) is 4.24. The van der Waals surface area contributed by atoms with Gasteiger partial charge in [-0.3, -0.25) is 4.90 Å². The Bertz CT molecular complexity index is 1100. The standard InChI is InChI=1S/C23H26N4O6/c1-5-10-24-22(31)27-13(12-28)11-23-14-8-6-7-9-15(14)26(2)18(23)16(19(29)32-3)17(20(30)33-4)25-21(23)27/h5-9,13,18,28H,1,10-12H2,2-4H3,(H,24,31). The number of hydrogen-bond donors (Lipinski definition) is 2. The smallest absolute Gasteiger partial charge is 0.357 e. The molecule has 1 spiro atoms. The predicted octanol–water partition coefficient (Wildman–Crippen LogP) is 0.717. The zero-order valence-electron chi connectivity index (χ0n) is 18.7. The number of esters is 2. The molecule has 1 fully saturated rings. The van der Waals surface area contributed by atoms with Crippen molar-refractivity contribution in [3.05, 3.63) is 53.8 Å². The first-order valence-corrected chi connectivity index (χ1v) is 10.5. The Morgan fingerprint density at radius 2 is 1.97 bits per heavy atom. The zero-order chi connectivity index (χ0) is 23.9. The second-order valence-electron chi connectivity index (χ2n) is 8.07. The number of aliphatic imine (C=N–C) groups is 1. The number of amides is 2. The lowest BCUT2D eigenvalue weighted by Crippen LogP contribution is -2.56. The van der Waals surface area contributed by atoms with Crippen molar-refractivity contribution >= 4 is 29.5 Å². The van der Waals surface area contributed by atoms with Gasteiger partial charge in [0.15, 0.2) is 5.70 Å². The largest absolute Gasteiger partial charge is 0.466 e. The van der Waals surface area contributed by atoms with Crippen LogP contribution >= 0.6 is 0 Å². The van der Waals surface area contributed by atoms with Gasteiger partial charge >= 0.3 is 18.0 Å². The summed E-state index contributed by atoms with van der Waals surface area (Å²) in [6.07, 6.45) is 1.84. The number of anilines is 1. The normalized spacial score (nSPS) is 25.0. The molecule has 0 radical (unpaired) electrons. The van der Waals surface area contributed by atoms with Gasteiger partial charge in [0.1, 0.15) is 5.84 Å². The molecule has 0 bridgehead atoms. The van der Waals surface area contributed by atoms with E-state index in [1.54, 1.807) is 0 Å². The van der Waals surface area contributed by atoms with Gasteiger partial charge in [-0.15, -0.1) is 6.58 Å². The molecule has 0 saturated carbocycles. The number of urea groups is 1. The fraction of sp³-hybridized carbons (Fsp3) is 0.391. The molecule has 0 aliphatic carbocycles. The van der Waals surface area contributed by atoms with Gasteiger partial charge in [0.2, 0.25) is 0 Å². The van der Waals surface area contributed by atoms with Crippen LogP contribution < -0.4 is 10.2 Å². The molecule has 4 rings (SSSR count). The number of rotatable bonds is 5. The molecule has 33 heavy (non-hydrogen) atoms. The van der Waals surface area contributed by atoms with Gasteiger partial charge in [0, 0.05) is 19.3 Å². The summed E-state index contributed by atoms with van der Waals surface area (Å²) in [5, 5.41) is 12.9. The number of nitrogens with one attached hydrogen (secondary N) is 1. The minimum Gasteiger partial charge on any atom is -0.466 e. The van der Waals surface area contributed by atoms with E-state index in [2.05, 4.69) is 16.9 Å². The Morgan fingerprint density at radius 3 is 2.61 bits per heavy atom. The van der Waals surface area contributed by atoms with E-state index in [-0.39, 0.29) is 30.3 Å². The highest BCUT2D eigenvalue weighted by atomic mass is 16.5. The minimum absolute atomic E-state index is 0.0526. The third-order valence-corrected chi connectivity index (χ3v) is 6.53. The maximum absolute atomic E-state index is 13.2. The number of ether oxygens (including phenoxy) is 2. The summed E-state index contributed by atoms with van der Waals surface area (Å²) in [6, 6.07) is 5.74. The number of carbonyl (C=O) groups is 3. The number of hydrogen-bond acceptors (Lipinski definition) is 8. The molecule has 10 heteroatoms. The number of fused-ring (bicyclic) bond motifs is 1. The van der Waals surface area contributed by atoms with Crippen LogP contribution in [-0.2, 0) is 24.5 Å². The third kappa shape index (κ3) is 3.05. The van der Waals surface area contributed by atoms with Gasteiger partial charge in [-0.2, -0.15) is 0 Å². The number of aliphatic hydroxyl groups is 1. The summed E-state index contributed by atoms with van der Waals surface area (Å²) < 4.78 is 9.97. The molecular formula is C23H26N4O6. The molecular weight excluding hydrogens is 428 g/mol. The van der Waals surface area contributed by atoms with E-state index in [0.717, 1.165) is 11.3 Å². The highest BCUT2D eigenvalue weighted by Gasteiger charge is 2.65. The summed E-state index contributed by atoms with van der Waals surface area (Å²) in [5.41, 5.74) is 0.536. The lowest BCUT2D eigenvalue weighted by atomic mass is 9.69.